The van der Waals surface area contributed by atoms with Crippen molar-refractivity contribution in [2.75, 3.05) is 41.0 Å². The number of hydrogen-bond acceptors (Lipinski definition) is 7. The molecular formula is C45H81NO7. The third kappa shape index (κ3) is 35.0. The summed E-state index contributed by atoms with van der Waals surface area (Å²) in [6.45, 7) is 4.54. The Hall–Kier alpha value is -2.45. The summed E-state index contributed by atoms with van der Waals surface area (Å²) in [4.78, 5) is 36.8. The lowest BCUT2D eigenvalue weighted by Gasteiger charge is -2.34. The van der Waals surface area contributed by atoms with Crippen LogP contribution >= 0.6 is 0 Å². The second kappa shape index (κ2) is 36.5. The minimum Gasteiger partial charge on any atom is -0.544 e. The molecule has 0 bridgehead atoms. The number of quaternary nitrogens is 1. The molecular weight excluding hydrogens is 666 g/mol. The van der Waals surface area contributed by atoms with Crippen LogP contribution in [-0.2, 0) is 28.6 Å². The van der Waals surface area contributed by atoms with Gasteiger partial charge in [0.2, 0.25) is 0 Å². The van der Waals surface area contributed by atoms with E-state index in [0.717, 1.165) is 64.2 Å². The van der Waals surface area contributed by atoms with Crippen LogP contribution in [0.15, 0.2) is 36.5 Å². The number of aliphatic carboxylic acids is 1. The lowest BCUT2D eigenvalue weighted by atomic mass is 10.0. The normalized spacial score (nSPS) is 13.3. The second-order valence-electron chi connectivity index (χ2n) is 15.6. The van der Waals surface area contributed by atoms with Gasteiger partial charge in [-0.2, -0.15) is 0 Å². The molecule has 0 aliphatic carbocycles. The molecule has 2 atom stereocenters. The minimum atomic E-state index is -1.13. The van der Waals surface area contributed by atoms with Crippen molar-refractivity contribution in [2.45, 2.75) is 193 Å². The molecule has 0 amide bonds. The van der Waals surface area contributed by atoms with Crippen LogP contribution in [0, 0.1) is 0 Å². The van der Waals surface area contributed by atoms with Gasteiger partial charge >= 0.3 is 11.9 Å². The highest BCUT2D eigenvalue weighted by Gasteiger charge is 2.25. The number of likely N-dealkylation sites (N-methyl/N-ethyl adjacent to an activating group) is 1. The summed E-state index contributed by atoms with van der Waals surface area (Å²) in [5.74, 6) is -1.74. The number of carboxylic acids is 1. The van der Waals surface area contributed by atoms with Crippen molar-refractivity contribution in [3.05, 3.63) is 36.5 Å². The molecule has 0 N–H and O–H groups in total. The molecule has 0 radical (unpaired) electrons. The largest absolute Gasteiger partial charge is 0.544 e. The Morgan fingerprint density at radius 2 is 1.06 bits per heavy atom. The zero-order chi connectivity index (χ0) is 39.3. The molecule has 0 heterocycles. The predicted octanol–water partition coefficient (Wildman–Crippen LogP) is 10.1. The van der Waals surface area contributed by atoms with E-state index < -0.39 is 18.1 Å². The minimum absolute atomic E-state index is 0.0388. The fourth-order valence-electron chi connectivity index (χ4n) is 6.20. The molecule has 0 aliphatic heterocycles. The first-order valence-electron chi connectivity index (χ1n) is 21.5. The maximum Gasteiger partial charge on any atom is 0.306 e. The average Bonchev–Trinajstić information content (AvgIpc) is 3.11. The number of hydrogen-bond donors (Lipinski definition) is 0. The topological polar surface area (TPSA) is 102 Å². The van der Waals surface area contributed by atoms with Crippen LogP contribution in [0.3, 0.4) is 0 Å². The zero-order valence-electron chi connectivity index (χ0n) is 34.9. The first-order valence-corrected chi connectivity index (χ1v) is 21.5. The van der Waals surface area contributed by atoms with E-state index in [1.807, 2.05) is 0 Å². The standard InChI is InChI=1S/C45H81NO7/c1-6-8-10-12-14-16-18-20-21-22-23-24-26-28-30-32-34-36-44(48)53-41(39-51-38-37-42(45(49)50)46(3,4)5)40-52-43(47)35-33-31-29-27-25-19-17-15-13-11-9-7-2/h8,10,14,16,20-21,41-42H,6-7,9,11-13,15,17-19,22-40H2,1-5H3/b10-8-,16-14-,21-20-. The predicted molar refractivity (Wildman–Crippen MR) is 217 cm³/mol. The van der Waals surface area contributed by atoms with Crippen molar-refractivity contribution < 1.29 is 38.2 Å². The summed E-state index contributed by atoms with van der Waals surface area (Å²) in [5.41, 5.74) is 0. The molecule has 0 saturated heterocycles. The van der Waals surface area contributed by atoms with E-state index in [4.69, 9.17) is 14.2 Å². The van der Waals surface area contributed by atoms with Crippen LogP contribution in [0.1, 0.15) is 181 Å². The van der Waals surface area contributed by atoms with Crippen LogP contribution in [0.5, 0.6) is 0 Å². The average molecular weight is 748 g/mol. The molecule has 0 aromatic carbocycles. The number of ether oxygens (including phenoxy) is 3. The lowest BCUT2D eigenvalue weighted by Crippen LogP contribution is -2.55. The molecule has 308 valence electrons. The highest BCUT2D eigenvalue weighted by molar-refractivity contribution is 5.70. The van der Waals surface area contributed by atoms with Gasteiger partial charge < -0.3 is 28.6 Å². The molecule has 8 nitrogen and oxygen atoms in total. The molecule has 8 heteroatoms. The van der Waals surface area contributed by atoms with E-state index in [2.05, 4.69) is 50.3 Å². The maximum absolute atomic E-state index is 12.7. The van der Waals surface area contributed by atoms with E-state index in [9.17, 15) is 19.5 Å². The number of carboxylic acid groups (broad SMARTS) is 1. The summed E-state index contributed by atoms with van der Waals surface area (Å²) < 4.78 is 17.1. The van der Waals surface area contributed by atoms with E-state index in [1.54, 1.807) is 21.1 Å². The van der Waals surface area contributed by atoms with Gasteiger partial charge in [-0.1, -0.05) is 153 Å². The Morgan fingerprint density at radius 1 is 0.585 bits per heavy atom. The van der Waals surface area contributed by atoms with Crippen LogP contribution in [0.4, 0.5) is 0 Å². The van der Waals surface area contributed by atoms with Gasteiger partial charge in [0.25, 0.3) is 0 Å². The van der Waals surface area contributed by atoms with Crippen molar-refractivity contribution in [1.29, 1.82) is 0 Å². The number of unbranched alkanes of at least 4 members (excludes halogenated alkanes) is 18. The van der Waals surface area contributed by atoms with Crippen molar-refractivity contribution in [2.24, 2.45) is 0 Å². The third-order valence-electron chi connectivity index (χ3n) is 9.54. The van der Waals surface area contributed by atoms with Gasteiger partial charge in [-0.25, -0.2) is 0 Å². The zero-order valence-corrected chi connectivity index (χ0v) is 34.9. The molecule has 0 spiro atoms. The number of esters is 2. The van der Waals surface area contributed by atoms with Gasteiger partial charge in [-0.15, -0.1) is 0 Å². The monoisotopic (exact) mass is 748 g/mol. The Labute approximate surface area is 325 Å². The molecule has 0 aromatic heterocycles. The highest BCUT2D eigenvalue weighted by Crippen LogP contribution is 2.14. The summed E-state index contributed by atoms with van der Waals surface area (Å²) in [6, 6.07) is -0.725. The fourth-order valence-corrected chi connectivity index (χ4v) is 6.20. The maximum atomic E-state index is 12.7. The smallest absolute Gasteiger partial charge is 0.306 e. The number of allylic oxidation sites excluding steroid dienone is 6. The van der Waals surface area contributed by atoms with E-state index in [-0.39, 0.29) is 42.7 Å². The van der Waals surface area contributed by atoms with E-state index >= 15 is 0 Å². The highest BCUT2D eigenvalue weighted by atomic mass is 16.6. The summed E-state index contributed by atoms with van der Waals surface area (Å²) >= 11 is 0. The van der Waals surface area contributed by atoms with Gasteiger partial charge in [0, 0.05) is 19.3 Å². The van der Waals surface area contributed by atoms with Crippen LogP contribution in [-0.4, -0.2) is 75.5 Å². The first kappa shape index (κ1) is 50.5. The van der Waals surface area contributed by atoms with Gasteiger partial charge in [-0.3, -0.25) is 9.59 Å². The van der Waals surface area contributed by atoms with Crippen LogP contribution < -0.4 is 5.11 Å². The number of nitrogens with zero attached hydrogens (tertiary/aromatic N) is 1. The lowest BCUT2D eigenvalue weighted by molar-refractivity contribution is -0.889. The van der Waals surface area contributed by atoms with Crippen molar-refractivity contribution in [1.82, 2.24) is 0 Å². The van der Waals surface area contributed by atoms with Crippen LogP contribution in [0.2, 0.25) is 0 Å². The van der Waals surface area contributed by atoms with Crippen molar-refractivity contribution in [3.8, 4) is 0 Å². The fraction of sp³-hybridized carbons (Fsp3) is 0.800. The summed E-state index contributed by atoms with van der Waals surface area (Å²) in [7, 11) is 5.40. The first-order chi connectivity index (χ1) is 25.6. The molecule has 53 heavy (non-hydrogen) atoms. The molecule has 0 saturated carbocycles. The Kier molecular flexibility index (Phi) is 34.8. The second-order valence-corrected chi connectivity index (χ2v) is 15.6. The Bertz CT molecular complexity index is 968. The van der Waals surface area contributed by atoms with Gasteiger partial charge in [-0.05, 0) is 44.9 Å². The number of rotatable bonds is 38. The SMILES string of the molecule is CC/C=C\C/C=C\C/C=C\CCCCCCCCCC(=O)OC(COCCC(C(=O)[O-])[N+](C)(C)C)COC(=O)CCCCCCCCCCCCCC. The van der Waals surface area contributed by atoms with Gasteiger partial charge in [0.05, 0.1) is 40.3 Å². The molecule has 0 aromatic rings. The van der Waals surface area contributed by atoms with E-state index in [0.29, 0.717) is 12.8 Å². The summed E-state index contributed by atoms with van der Waals surface area (Å²) in [6.07, 6.45) is 40.2. The van der Waals surface area contributed by atoms with Gasteiger partial charge in [0.15, 0.2) is 6.10 Å². The summed E-state index contributed by atoms with van der Waals surface area (Å²) in [5, 5.41) is 11.6. The number of carbonyl (C=O) groups excluding carboxylic acids is 3. The molecule has 0 aliphatic rings. The van der Waals surface area contributed by atoms with Crippen molar-refractivity contribution >= 4 is 17.9 Å². The third-order valence-corrected chi connectivity index (χ3v) is 9.54. The molecule has 0 fully saturated rings. The van der Waals surface area contributed by atoms with Gasteiger partial charge in [0.1, 0.15) is 12.6 Å². The van der Waals surface area contributed by atoms with E-state index in [1.165, 1.54) is 83.5 Å². The Morgan fingerprint density at radius 3 is 1.57 bits per heavy atom. The van der Waals surface area contributed by atoms with Crippen molar-refractivity contribution in [3.63, 3.8) is 0 Å². The molecule has 2 unspecified atom stereocenters. The van der Waals surface area contributed by atoms with Crippen LogP contribution in [0.25, 0.3) is 0 Å². The number of carbonyl (C=O) groups is 3. The Balaban J connectivity index is 4.36. The quantitative estimate of drug-likeness (QED) is 0.0268. The molecule has 0 rings (SSSR count).